The van der Waals surface area contributed by atoms with Crippen molar-refractivity contribution in [1.82, 2.24) is 25.3 Å². The number of nitrogens with one attached hydrogen (secondary N) is 1. The van der Waals surface area contributed by atoms with E-state index in [1.54, 1.807) is 0 Å². The van der Waals surface area contributed by atoms with Crippen LogP contribution in [0.4, 0.5) is 0 Å². The van der Waals surface area contributed by atoms with Crippen LogP contribution in [0.25, 0.3) is 0 Å². The van der Waals surface area contributed by atoms with Gasteiger partial charge in [0.2, 0.25) is 11.8 Å². The van der Waals surface area contributed by atoms with E-state index in [1.165, 1.54) is 0 Å². The summed E-state index contributed by atoms with van der Waals surface area (Å²) in [5.74, 6) is 1.40. The molecular formula is C14H25N5O2. The molecule has 0 bridgehead atoms. The van der Waals surface area contributed by atoms with Gasteiger partial charge in [-0.15, -0.1) is 0 Å². The van der Waals surface area contributed by atoms with E-state index in [-0.39, 0.29) is 11.3 Å². The SMILES string of the molecule is CN(CC(=O)N1CCNCC1)Cc1noc(C(C)(C)C)n1. The van der Waals surface area contributed by atoms with Crippen LogP contribution in [0.2, 0.25) is 0 Å². The third-order valence-corrected chi connectivity index (χ3v) is 3.40. The van der Waals surface area contributed by atoms with Gasteiger partial charge >= 0.3 is 0 Å². The monoisotopic (exact) mass is 295 g/mol. The molecule has 1 aromatic rings. The molecule has 1 aromatic heterocycles. The van der Waals surface area contributed by atoms with Gasteiger partial charge in [0.05, 0.1) is 13.1 Å². The van der Waals surface area contributed by atoms with Gasteiger partial charge in [-0.3, -0.25) is 9.69 Å². The summed E-state index contributed by atoms with van der Waals surface area (Å²) in [6, 6.07) is 0. The first-order chi connectivity index (χ1) is 9.86. The van der Waals surface area contributed by atoms with Gasteiger partial charge in [0.25, 0.3) is 0 Å². The summed E-state index contributed by atoms with van der Waals surface area (Å²) in [6.07, 6.45) is 0. The third-order valence-electron chi connectivity index (χ3n) is 3.40. The Kier molecular flexibility index (Phi) is 4.95. The largest absolute Gasteiger partial charge is 0.339 e. The average molecular weight is 295 g/mol. The topological polar surface area (TPSA) is 74.5 Å². The van der Waals surface area contributed by atoms with Crippen LogP contribution in [0, 0.1) is 0 Å². The molecule has 2 rings (SSSR count). The molecule has 0 atom stereocenters. The highest BCUT2D eigenvalue weighted by atomic mass is 16.5. The molecule has 1 aliphatic heterocycles. The molecule has 0 aromatic carbocycles. The minimum Gasteiger partial charge on any atom is -0.339 e. The van der Waals surface area contributed by atoms with Crippen molar-refractivity contribution < 1.29 is 9.32 Å². The summed E-state index contributed by atoms with van der Waals surface area (Å²) in [5.41, 5.74) is -0.152. The highest BCUT2D eigenvalue weighted by Crippen LogP contribution is 2.19. The molecule has 0 aliphatic carbocycles. The fraction of sp³-hybridized carbons (Fsp3) is 0.786. The maximum Gasteiger partial charge on any atom is 0.236 e. The van der Waals surface area contributed by atoms with Gasteiger partial charge in [0.15, 0.2) is 5.82 Å². The lowest BCUT2D eigenvalue weighted by atomic mass is 9.97. The van der Waals surface area contributed by atoms with Gasteiger partial charge in [0.1, 0.15) is 0 Å². The zero-order valence-electron chi connectivity index (χ0n) is 13.3. The van der Waals surface area contributed by atoms with Crippen molar-refractivity contribution in [2.75, 3.05) is 39.8 Å². The highest BCUT2D eigenvalue weighted by molar-refractivity contribution is 5.78. The Balaban J connectivity index is 1.85. The third kappa shape index (κ3) is 4.50. The number of rotatable bonds is 4. The van der Waals surface area contributed by atoms with Crippen LogP contribution in [-0.4, -0.2) is 65.6 Å². The van der Waals surface area contributed by atoms with E-state index in [9.17, 15) is 4.79 Å². The molecule has 118 valence electrons. The zero-order valence-corrected chi connectivity index (χ0v) is 13.3. The smallest absolute Gasteiger partial charge is 0.236 e. The van der Waals surface area contributed by atoms with Crippen molar-refractivity contribution in [2.24, 2.45) is 0 Å². The second kappa shape index (κ2) is 6.53. The Morgan fingerprint density at radius 2 is 2.05 bits per heavy atom. The number of hydrogen-bond acceptors (Lipinski definition) is 6. The molecule has 2 heterocycles. The van der Waals surface area contributed by atoms with Crippen molar-refractivity contribution in [2.45, 2.75) is 32.7 Å². The summed E-state index contributed by atoms with van der Waals surface area (Å²) in [4.78, 5) is 20.4. The highest BCUT2D eigenvalue weighted by Gasteiger charge is 2.23. The lowest BCUT2D eigenvalue weighted by Crippen LogP contribution is -2.49. The van der Waals surface area contributed by atoms with Crippen molar-refractivity contribution >= 4 is 5.91 Å². The maximum absolute atomic E-state index is 12.2. The number of amides is 1. The summed E-state index contributed by atoms with van der Waals surface area (Å²) >= 11 is 0. The van der Waals surface area contributed by atoms with Gasteiger partial charge < -0.3 is 14.7 Å². The number of likely N-dealkylation sites (N-methyl/N-ethyl adjacent to an activating group) is 1. The standard InChI is InChI=1S/C14H25N5O2/c1-14(2,3)13-16-11(17-21-13)9-18(4)10-12(20)19-7-5-15-6-8-19/h15H,5-10H2,1-4H3. The lowest BCUT2D eigenvalue weighted by molar-refractivity contribution is -0.132. The Hall–Kier alpha value is -1.47. The fourth-order valence-corrected chi connectivity index (χ4v) is 2.17. The van der Waals surface area contributed by atoms with Crippen molar-refractivity contribution in [1.29, 1.82) is 0 Å². The number of carbonyl (C=O) groups is 1. The molecule has 0 unspecified atom stereocenters. The predicted octanol–water partition coefficient (Wildman–Crippen LogP) is 0.231. The van der Waals surface area contributed by atoms with Crippen molar-refractivity contribution in [3.63, 3.8) is 0 Å². The normalized spacial score (nSPS) is 16.5. The minimum absolute atomic E-state index is 0.151. The minimum atomic E-state index is -0.152. The molecule has 0 saturated carbocycles. The summed E-state index contributed by atoms with van der Waals surface area (Å²) in [5, 5.41) is 7.22. The Bertz CT molecular complexity index is 474. The molecule has 1 N–H and O–H groups in total. The Labute approximate surface area is 125 Å². The fourth-order valence-electron chi connectivity index (χ4n) is 2.17. The van der Waals surface area contributed by atoms with Crippen molar-refractivity contribution in [3.8, 4) is 0 Å². The van der Waals surface area contributed by atoms with Crippen LogP contribution in [0.5, 0.6) is 0 Å². The van der Waals surface area contributed by atoms with Crippen LogP contribution in [0.3, 0.4) is 0 Å². The van der Waals surface area contributed by atoms with E-state index in [1.807, 2.05) is 37.6 Å². The average Bonchev–Trinajstić information content (AvgIpc) is 2.88. The van der Waals surface area contributed by atoms with Crippen LogP contribution in [0.1, 0.15) is 32.5 Å². The number of carbonyl (C=O) groups excluding carboxylic acids is 1. The molecule has 1 saturated heterocycles. The number of nitrogens with zero attached hydrogens (tertiary/aromatic N) is 4. The second-order valence-corrected chi connectivity index (χ2v) is 6.57. The molecule has 1 fully saturated rings. The first-order valence-corrected chi connectivity index (χ1v) is 7.36. The predicted molar refractivity (Wildman–Crippen MR) is 78.8 cm³/mol. The first-order valence-electron chi connectivity index (χ1n) is 7.36. The van der Waals surface area contributed by atoms with Gasteiger partial charge in [-0.1, -0.05) is 25.9 Å². The molecule has 1 amide bonds. The Morgan fingerprint density at radius 3 is 2.62 bits per heavy atom. The van der Waals surface area contributed by atoms with Crippen LogP contribution < -0.4 is 5.32 Å². The second-order valence-electron chi connectivity index (χ2n) is 6.57. The molecule has 7 heteroatoms. The van der Waals surface area contributed by atoms with Crippen LogP contribution in [0.15, 0.2) is 4.52 Å². The zero-order chi connectivity index (χ0) is 15.5. The molecule has 0 radical (unpaired) electrons. The summed E-state index contributed by atoms with van der Waals surface area (Å²) < 4.78 is 5.26. The van der Waals surface area contributed by atoms with E-state index in [0.29, 0.717) is 24.8 Å². The molecule has 0 spiro atoms. The van der Waals surface area contributed by atoms with Gasteiger partial charge in [0, 0.05) is 31.6 Å². The molecule has 21 heavy (non-hydrogen) atoms. The van der Waals surface area contributed by atoms with Gasteiger partial charge in [-0.25, -0.2) is 0 Å². The summed E-state index contributed by atoms with van der Waals surface area (Å²) in [6.45, 7) is 10.3. The maximum atomic E-state index is 12.2. The van der Waals surface area contributed by atoms with Gasteiger partial charge in [-0.2, -0.15) is 4.98 Å². The van der Waals surface area contributed by atoms with Crippen molar-refractivity contribution in [3.05, 3.63) is 11.7 Å². The van der Waals surface area contributed by atoms with Crippen LogP contribution in [-0.2, 0) is 16.8 Å². The number of hydrogen-bond donors (Lipinski definition) is 1. The first kappa shape index (κ1) is 15.9. The number of piperazine rings is 1. The quantitative estimate of drug-likeness (QED) is 0.857. The molecule has 7 nitrogen and oxygen atoms in total. The van der Waals surface area contributed by atoms with E-state index >= 15 is 0 Å². The summed E-state index contributed by atoms with van der Waals surface area (Å²) in [7, 11) is 1.90. The van der Waals surface area contributed by atoms with Gasteiger partial charge in [-0.05, 0) is 7.05 Å². The van der Waals surface area contributed by atoms with E-state index in [4.69, 9.17) is 4.52 Å². The van der Waals surface area contributed by atoms with E-state index < -0.39 is 0 Å². The number of aromatic nitrogens is 2. The lowest BCUT2D eigenvalue weighted by Gasteiger charge is -2.29. The Morgan fingerprint density at radius 1 is 1.38 bits per heavy atom. The van der Waals surface area contributed by atoms with E-state index in [0.717, 1.165) is 26.2 Å². The van der Waals surface area contributed by atoms with Crippen LogP contribution >= 0.6 is 0 Å². The molecular weight excluding hydrogens is 270 g/mol. The van der Waals surface area contributed by atoms with E-state index in [2.05, 4.69) is 15.5 Å². The molecule has 1 aliphatic rings.